The molecule has 0 aromatic heterocycles. The Morgan fingerprint density at radius 1 is 1.56 bits per heavy atom. The van der Waals surface area contributed by atoms with Crippen molar-refractivity contribution in [3.05, 3.63) is 0 Å². The normalized spacial score (nSPS) is 17.1. The molecule has 1 aliphatic heterocycles. The van der Waals surface area contributed by atoms with Crippen molar-refractivity contribution in [3.63, 3.8) is 0 Å². The van der Waals surface area contributed by atoms with Crippen molar-refractivity contribution in [2.45, 2.75) is 26.4 Å². The highest BCUT2D eigenvalue weighted by Crippen LogP contribution is 2.05. The molecule has 5 heteroatoms. The minimum Gasteiger partial charge on any atom is -0.389 e. The molecule has 0 radical (unpaired) electrons. The number of hydrogen-bond donors (Lipinski definition) is 2. The number of hydrogen-bond acceptors (Lipinski definition) is 3. The van der Waals surface area contributed by atoms with Crippen LogP contribution in [0.25, 0.3) is 0 Å². The van der Waals surface area contributed by atoms with E-state index in [0.717, 1.165) is 32.7 Å². The topological polar surface area (TPSA) is 55.8 Å². The van der Waals surface area contributed by atoms with Gasteiger partial charge in [0.1, 0.15) is 0 Å². The van der Waals surface area contributed by atoms with Crippen molar-refractivity contribution in [1.82, 2.24) is 15.1 Å². The van der Waals surface area contributed by atoms with Crippen LogP contribution in [0.15, 0.2) is 0 Å². The minimum atomic E-state index is -0.677. The molecule has 0 atom stereocenters. The molecule has 1 aliphatic rings. The zero-order valence-corrected chi connectivity index (χ0v) is 10.5. The summed E-state index contributed by atoms with van der Waals surface area (Å²) < 4.78 is 0. The molecule has 1 fully saturated rings. The second-order valence-electron chi connectivity index (χ2n) is 4.90. The Labute approximate surface area is 97.4 Å². The maximum atomic E-state index is 11.3. The summed E-state index contributed by atoms with van der Waals surface area (Å²) in [5, 5.41) is 12.5. The lowest BCUT2D eigenvalue weighted by molar-refractivity contribution is 0.0363. The van der Waals surface area contributed by atoms with E-state index in [9.17, 15) is 9.90 Å². The largest absolute Gasteiger partial charge is 0.389 e. The van der Waals surface area contributed by atoms with Crippen LogP contribution in [0.4, 0.5) is 4.79 Å². The SMILES string of the molecule is CCN(CCN1CCNC1=O)CC(C)(C)O. The van der Waals surface area contributed by atoms with Crippen molar-refractivity contribution < 1.29 is 9.90 Å². The lowest BCUT2D eigenvalue weighted by Crippen LogP contribution is -2.43. The van der Waals surface area contributed by atoms with E-state index in [0.29, 0.717) is 6.54 Å². The Bertz CT molecular complexity index is 238. The molecule has 1 saturated heterocycles. The van der Waals surface area contributed by atoms with Crippen molar-refractivity contribution in [3.8, 4) is 0 Å². The van der Waals surface area contributed by atoms with Gasteiger partial charge in [-0.1, -0.05) is 6.92 Å². The third-order valence-corrected chi connectivity index (χ3v) is 2.69. The number of aliphatic hydroxyl groups is 1. The van der Waals surface area contributed by atoms with Crippen LogP contribution in [0.3, 0.4) is 0 Å². The first-order valence-corrected chi connectivity index (χ1v) is 5.90. The van der Waals surface area contributed by atoms with Gasteiger partial charge in [0.15, 0.2) is 0 Å². The summed E-state index contributed by atoms with van der Waals surface area (Å²) in [6, 6.07) is 0.0271. The number of carbonyl (C=O) groups is 1. The Kier molecular flexibility index (Phi) is 4.56. The molecule has 0 saturated carbocycles. The van der Waals surface area contributed by atoms with Gasteiger partial charge in [0.25, 0.3) is 0 Å². The fourth-order valence-electron chi connectivity index (χ4n) is 1.88. The van der Waals surface area contributed by atoms with Gasteiger partial charge in [-0.25, -0.2) is 4.79 Å². The number of carbonyl (C=O) groups excluding carboxylic acids is 1. The third-order valence-electron chi connectivity index (χ3n) is 2.69. The van der Waals surface area contributed by atoms with Crippen molar-refractivity contribution in [2.24, 2.45) is 0 Å². The Morgan fingerprint density at radius 2 is 2.25 bits per heavy atom. The fourth-order valence-corrected chi connectivity index (χ4v) is 1.88. The first-order chi connectivity index (χ1) is 7.42. The monoisotopic (exact) mass is 229 g/mol. The molecule has 5 nitrogen and oxygen atoms in total. The van der Waals surface area contributed by atoms with E-state index in [1.54, 1.807) is 13.8 Å². The number of rotatable bonds is 6. The van der Waals surface area contributed by atoms with Gasteiger partial charge >= 0.3 is 6.03 Å². The third kappa shape index (κ3) is 4.37. The van der Waals surface area contributed by atoms with Crippen LogP contribution in [0.2, 0.25) is 0 Å². The average molecular weight is 229 g/mol. The number of nitrogens with one attached hydrogen (secondary N) is 1. The van der Waals surface area contributed by atoms with Gasteiger partial charge in [-0.3, -0.25) is 4.90 Å². The Balaban J connectivity index is 2.31. The van der Waals surface area contributed by atoms with Gasteiger partial charge in [-0.05, 0) is 20.4 Å². The maximum absolute atomic E-state index is 11.3. The van der Waals surface area contributed by atoms with Gasteiger partial charge in [-0.15, -0.1) is 0 Å². The molecule has 0 bridgehead atoms. The van der Waals surface area contributed by atoms with Crippen molar-refractivity contribution >= 4 is 6.03 Å². The van der Waals surface area contributed by atoms with E-state index in [2.05, 4.69) is 17.1 Å². The van der Waals surface area contributed by atoms with Crippen LogP contribution in [-0.2, 0) is 0 Å². The molecule has 0 aromatic carbocycles. The van der Waals surface area contributed by atoms with Crippen LogP contribution < -0.4 is 5.32 Å². The first kappa shape index (κ1) is 13.3. The zero-order valence-electron chi connectivity index (χ0n) is 10.5. The van der Waals surface area contributed by atoms with Crippen LogP contribution in [0.5, 0.6) is 0 Å². The van der Waals surface area contributed by atoms with Crippen LogP contribution in [0.1, 0.15) is 20.8 Å². The van der Waals surface area contributed by atoms with E-state index >= 15 is 0 Å². The summed E-state index contributed by atoms with van der Waals surface area (Å²) in [5.41, 5.74) is -0.677. The molecular weight excluding hydrogens is 206 g/mol. The van der Waals surface area contributed by atoms with E-state index in [1.807, 2.05) is 4.90 Å². The van der Waals surface area contributed by atoms with E-state index in [1.165, 1.54) is 0 Å². The summed E-state index contributed by atoms with van der Waals surface area (Å²) in [7, 11) is 0. The molecule has 0 aromatic rings. The number of urea groups is 1. The standard InChI is InChI=1S/C11H23N3O2/c1-4-13(9-11(2,3)16)7-8-14-6-5-12-10(14)15/h16H,4-9H2,1-3H3,(H,12,15). The maximum Gasteiger partial charge on any atom is 0.317 e. The van der Waals surface area contributed by atoms with Gasteiger partial charge in [0.05, 0.1) is 5.60 Å². The Morgan fingerprint density at radius 3 is 2.69 bits per heavy atom. The molecule has 0 unspecified atom stereocenters. The molecule has 1 heterocycles. The van der Waals surface area contributed by atoms with Crippen molar-refractivity contribution in [2.75, 3.05) is 39.3 Å². The summed E-state index contributed by atoms with van der Waals surface area (Å²) >= 11 is 0. The highest BCUT2D eigenvalue weighted by Gasteiger charge is 2.21. The molecular formula is C11H23N3O2. The Hall–Kier alpha value is -0.810. The predicted octanol–water partition coefficient (Wildman–Crippen LogP) is 0.104. The molecule has 16 heavy (non-hydrogen) atoms. The number of likely N-dealkylation sites (N-methyl/N-ethyl adjacent to an activating group) is 1. The van der Waals surface area contributed by atoms with Crippen LogP contribution >= 0.6 is 0 Å². The number of amides is 2. The second-order valence-corrected chi connectivity index (χ2v) is 4.90. The molecule has 0 spiro atoms. The average Bonchev–Trinajstić information content (AvgIpc) is 2.57. The first-order valence-electron chi connectivity index (χ1n) is 5.90. The number of nitrogens with zero attached hydrogens (tertiary/aromatic N) is 2. The highest BCUT2D eigenvalue weighted by molar-refractivity contribution is 5.76. The molecule has 0 aliphatic carbocycles. The molecule has 94 valence electrons. The minimum absolute atomic E-state index is 0.0271. The summed E-state index contributed by atoms with van der Waals surface area (Å²) in [4.78, 5) is 15.3. The zero-order chi connectivity index (χ0) is 12.2. The lowest BCUT2D eigenvalue weighted by atomic mass is 10.1. The van der Waals surface area contributed by atoms with Gasteiger partial charge in [-0.2, -0.15) is 0 Å². The van der Waals surface area contributed by atoms with Gasteiger partial charge in [0, 0.05) is 32.7 Å². The summed E-state index contributed by atoms with van der Waals surface area (Å²) in [6.07, 6.45) is 0. The fraction of sp³-hybridized carbons (Fsp3) is 0.909. The van der Waals surface area contributed by atoms with Crippen LogP contribution in [-0.4, -0.2) is 65.8 Å². The summed E-state index contributed by atoms with van der Waals surface area (Å²) in [5.74, 6) is 0. The lowest BCUT2D eigenvalue weighted by Gasteiger charge is -2.29. The second kappa shape index (κ2) is 5.50. The van der Waals surface area contributed by atoms with Crippen LogP contribution in [0, 0.1) is 0 Å². The van der Waals surface area contributed by atoms with E-state index < -0.39 is 5.60 Å². The van der Waals surface area contributed by atoms with E-state index in [4.69, 9.17) is 0 Å². The predicted molar refractivity (Wildman–Crippen MR) is 63.4 cm³/mol. The van der Waals surface area contributed by atoms with Gasteiger partial charge < -0.3 is 15.3 Å². The van der Waals surface area contributed by atoms with Crippen molar-refractivity contribution in [1.29, 1.82) is 0 Å². The summed E-state index contributed by atoms with van der Waals surface area (Å²) in [6.45, 7) is 10.3. The smallest absolute Gasteiger partial charge is 0.317 e. The van der Waals surface area contributed by atoms with E-state index in [-0.39, 0.29) is 6.03 Å². The van der Waals surface area contributed by atoms with Gasteiger partial charge in [0.2, 0.25) is 0 Å². The quantitative estimate of drug-likeness (QED) is 0.679. The molecule has 2 N–H and O–H groups in total. The molecule has 1 rings (SSSR count). The highest BCUT2D eigenvalue weighted by atomic mass is 16.3. The molecule has 2 amide bonds.